The summed E-state index contributed by atoms with van der Waals surface area (Å²) in [5, 5.41) is 9.20. The Hall–Kier alpha value is -1.03. The van der Waals surface area contributed by atoms with Gasteiger partial charge in [-0.3, -0.25) is 0 Å². The fourth-order valence-electron chi connectivity index (χ4n) is 2.30. The van der Waals surface area contributed by atoms with Crippen LogP contribution in [0.4, 0.5) is 0 Å². The number of hydrogen-bond acceptors (Lipinski definition) is 2. The van der Waals surface area contributed by atoms with Gasteiger partial charge in [0.05, 0.1) is 22.6 Å². The molecule has 1 aromatic heterocycles. The monoisotopic (exact) mass is 325 g/mol. The van der Waals surface area contributed by atoms with Gasteiger partial charge < -0.3 is 5.32 Å². The van der Waals surface area contributed by atoms with E-state index in [1.54, 1.807) is 6.07 Å². The van der Waals surface area contributed by atoms with Crippen LogP contribution in [0.25, 0.3) is 5.69 Å². The van der Waals surface area contributed by atoms with E-state index in [0.29, 0.717) is 22.0 Å². The Morgan fingerprint density at radius 3 is 2.48 bits per heavy atom. The summed E-state index contributed by atoms with van der Waals surface area (Å²) in [6.45, 7) is 9.40. The maximum atomic E-state index is 6.32. The predicted octanol–water partition coefficient (Wildman–Crippen LogP) is 4.80. The first-order valence-electron chi connectivity index (χ1n) is 7.15. The number of nitrogens with zero attached hydrogens (tertiary/aromatic N) is 2. The van der Waals surface area contributed by atoms with Crippen LogP contribution in [0.15, 0.2) is 24.4 Å². The Morgan fingerprint density at radius 1 is 1.19 bits per heavy atom. The first-order valence-corrected chi connectivity index (χ1v) is 7.91. The summed E-state index contributed by atoms with van der Waals surface area (Å²) in [5.74, 6) is 0.350. The standard InChI is InChI=1S/C16H21Cl2N3/c1-10(2)16-12(8-19-11(3)4)9-20-21(16)15-6-5-13(17)7-14(15)18/h5-7,9-11,19H,8H2,1-4H3. The Morgan fingerprint density at radius 2 is 1.90 bits per heavy atom. The highest BCUT2D eigenvalue weighted by molar-refractivity contribution is 6.35. The molecule has 0 aliphatic carbocycles. The summed E-state index contributed by atoms with van der Waals surface area (Å²) in [5.41, 5.74) is 3.23. The molecule has 0 spiro atoms. The molecule has 1 heterocycles. The molecule has 1 aromatic carbocycles. The van der Waals surface area contributed by atoms with E-state index >= 15 is 0 Å². The minimum absolute atomic E-state index is 0.350. The van der Waals surface area contributed by atoms with Gasteiger partial charge in [0, 0.05) is 23.2 Å². The van der Waals surface area contributed by atoms with Gasteiger partial charge in [-0.05, 0) is 24.1 Å². The van der Waals surface area contributed by atoms with Crippen molar-refractivity contribution in [3.63, 3.8) is 0 Å². The number of benzene rings is 1. The highest BCUT2D eigenvalue weighted by Gasteiger charge is 2.17. The van der Waals surface area contributed by atoms with Crippen molar-refractivity contribution in [2.75, 3.05) is 0 Å². The SMILES string of the molecule is CC(C)NCc1cnn(-c2ccc(Cl)cc2Cl)c1C(C)C. The molecule has 0 aliphatic heterocycles. The molecule has 2 rings (SSSR count). The summed E-state index contributed by atoms with van der Waals surface area (Å²) in [4.78, 5) is 0. The van der Waals surface area contributed by atoms with Crippen LogP contribution in [-0.2, 0) is 6.54 Å². The van der Waals surface area contributed by atoms with E-state index in [1.165, 1.54) is 11.3 Å². The van der Waals surface area contributed by atoms with Crippen molar-refractivity contribution in [3.05, 3.63) is 45.7 Å². The minimum atomic E-state index is 0.350. The van der Waals surface area contributed by atoms with Crippen molar-refractivity contribution in [2.45, 2.75) is 46.2 Å². The second-order valence-electron chi connectivity index (χ2n) is 5.75. The molecule has 0 bridgehead atoms. The van der Waals surface area contributed by atoms with E-state index in [4.69, 9.17) is 23.2 Å². The van der Waals surface area contributed by atoms with Crippen LogP contribution in [0.1, 0.15) is 44.9 Å². The molecule has 114 valence electrons. The number of aromatic nitrogens is 2. The summed E-state index contributed by atoms with van der Waals surface area (Å²) < 4.78 is 1.92. The first-order chi connectivity index (χ1) is 9.90. The van der Waals surface area contributed by atoms with Gasteiger partial charge in [0.25, 0.3) is 0 Å². The summed E-state index contributed by atoms with van der Waals surface area (Å²) in [6, 6.07) is 5.92. The quantitative estimate of drug-likeness (QED) is 0.855. The van der Waals surface area contributed by atoms with Crippen molar-refractivity contribution in [1.29, 1.82) is 0 Å². The molecule has 0 unspecified atom stereocenters. The predicted molar refractivity (Wildman–Crippen MR) is 89.6 cm³/mol. The van der Waals surface area contributed by atoms with E-state index in [1.807, 2.05) is 23.0 Å². The third kappa shape index (κ3) is 3.79. The van der Waals surface area contributed by atoms with Crippen LogP contribution in [0, 0.1) is 0 Å². The molecule has 0 fully saturated rings. The van der Waals surface area contributed by atoms with Crippen LogP contribution >= 0.6 is 23.2 Å². The number of rotatable bonds is 5. The molecule has 0 radical (unpaired) electrons. The Bertz CT molecular complexity index is 618. The Labute approximate surface area is 136 Å². The summed E-state index contributed by atoms with van der Waals surface area (Å²) in [7, 11) is 0. The van der Waals surface area contributed by atoms with Gasteiger partial charge in [-0.2, -0.15) is 5.10 Å². The van der Waals surface area contributed by atoms with Crippen LogP contribution in [0.3, 0.4) is 0 Å². The van der Waals surface area contributed by atoms with Crippen molar-refractivity contribution in [3.8, 4) is 5.69 Å². The lowest BCUT2D eigenvalue weighted by Crippen LogP contribution is -2.22. The maximum absolute atomic E-state index is 6.32. The van der Waals surface area contributed by atoms with Gasteiger partial charge >= 0.3 is 0 Å². The third-order valence-corrected chi connectivity index (χ3v) is 3.81. The molecule has 2 aromatic rings. The van der Waals surface area contributed by atoms with E-state index < -0.39 is 0 Å². The fourth-order valence-corrected chi connectivity index (χ4v) is 2.79. The average Bonchev–Trinajstić information content (AvgIpc) is 2.80. The van der Waals surface area contributed by atoms with E-state index in [2.05, 4.69) is 38.1 Å². The van der Waals surface area contributed by atoms with Crippen LogP contribution in [-0.4, -0.2) is 15.8 Å². The smallest absolute Gasteiger partial charge is 0.0836 e. The highest BCUT2D eigenvalue weighted by atomic mass is 35.5. The lowest BCUT2D eigenvalue weighted by Gasteiger charge is -2.15. The van der Waals surface area contributed by atoms with Gasteiger partial charge in [0.1, 0.15) is 0 Å². The zero-order chi connectivity index (χ0) is 15.6. The van der Waals surface area contributed by atoms with Crippen molar-refractivity contribution < 1.29 is 0 Å². The zero-order valence-corrected chi connectivity index (χ0v) is 14.3. The molecule has 0 saturated heterocycles. The number of hydrogen-bond donors (Lipinski definition) is 1. The molecule has 0 saturated carbocycles. The number of halogens is 2. The maximum Gasteiger partial charge on any atom is 0.0836 e. The summed E-state index contributed by atoms with van der Waals surface area (Å²) in [6.07, 6.45) is 1.91. The average molecular weight is 326 g/mol. The van der Waals surface area contributed by atoms with Gasteiger partial charge in [-0.25, -0.2) is 4.68 Å². The van der Waals surface area contributed by atoms with Crippen LogP contribution < -0.4 is 5.32 Å². The van der Waals surface area contributed by atoms with Gasteiger partial charge in [-0.15, -0.1) is 0 Å². The normalized spacial score (nSPS) is 11.6. The second kappa shape index (κ2) is 6.82. The number of nitrogens with one attached hydrogen (secondary N) is 1. The highest BCUT2D eigenvalue weighted by Crippen LogP contribution is 2.29. The topological polar surface area (TPSA) is 29.9 Å². The van der Waals surface area contributed by atoms with Crippen LogP contribution in [0.5, 0.6) is 0 Å². The summed E-state index contributed by atoms with van der Waals surface area (Å²) >= 11 is 12.3. The lowest BCUT2D eigenvalue weighted by molar-refractivity contribution is 0.582. The Balaban J connectivity index is 2.44. The largest absolute Gasteiger partial charge is 0.310 e. The molecule has 0 atom stereocenters. The second-order valence-corrected chi connectivity index (χ2v) is 6.60. The molecule has 21 heavy (non-hydrogen) atoms. The van der Waals surface area contributed by atoms with Gasteiger partial charge in [0.15, 0.2) is 0 Å². The first kappa shape index (κ1) is 16.3. The van der Waals surface area contributed by atoms with Gasteiger partial charge in [0.2, 0.25) is 0 Å². The molecular weight excluding hydrogens is 305 g/mol. The fraction of sp³-hybridized carbons (Fsp3) is 0.438. The van der Waals surface area contributed by atoms with E-state index in [0.717, 1.165) is 12.2 Å². The van der Waals surface area contributed by atoms with Crippen LogP contribution in [0.2, 0.25) is 10.0 Å². The minimum Gasteiger partial charge on any atom is -0.310 e. The van der Waals surface area contributed by atoms with Crippen molar-refractivity contribution >= 4 is 23.2 Å². The third-order valence-electron chi connectivity index (χ3n) is 3.27. The Kier molecular flexibility index (Phi) is 5.31. The molecule has 0 amide bonds. The van der Waals surface area contributed by atoms with E-state index in [-0.39, 0.29) is 0 Å². The molecule has 3 nitrogen and oxygen atoms in total. The molecule has 5 heteroatoms. The van der Waals surface area contributed by atoms with Crippen molar-refractivity contribution in [2.24, 2.45) is 0 Å². The van der Waals surface area contributed by atoms with Crippen molar-refractivity contribution in [1.82, 2.24) is 15.1 Å². The lowest BCUT2D eigenvalue weighted by atomic mass is 10.1. The molecule has 0 aliphatic rings. The van der Waals surface area contributed by atoms with E-state index in [9.17, 15) is 0 Å². The van der Waals surface area contributed by atoms with Gasteiger partial charge in [-0.1, -0.05) is 50.9 Å². The molecule has 1 N–H and O–H groups in total. The molecular formula is C16H21Cl2N3. The zero-order valence-electron chi connectivity index (χ0n) is 12.8.